The lowest BCUT2D eigenvalue weighted by Gasteiger charge is -2.02. The Morgan fingerprint density at radius 3 is 2.70 bits per heavy atom. The fraction of sp³-hybridized carbons (Fsp3) is 0. The Balaban J connectivity index is 2.16. The van der Waals surface area contributed by atoms with Gasteiger partial charge in [0.2, 0.25) is 0 Å². The van der Waals surface area contributed by atoms with Crippen LogP contribution in [-0.4, -0.2) is 31.9 Å². The molecule has 1 amide bonds. The number of carboxylic acid groups (broad SMARTS) is 1. The molecule has 0 saturated heterocycles. The van der Waals surface area contributed by atoms with E-state index in [-0.39, 0.29) is 22.8 Å². The number of rotatable bonds is 4. The minimum atomic E-state index is -1.18. The number of carbonyl (C=O) groups excluding carboxylic acids is 1. The molecule has 9 heteroatoms. The first-order valence-electron chi connectivity index (χ1n) is 5.30. The van der Waals surface area contributed by atoms with Crippen LogP contribution < -0.4 is 5.32 Å². The topological polar surface area (TPSA) is 138 Å². The van der Waals surface area contributed by atoms with Crippen molar-refractivity contribution in [1.82, 2.24) is 9.97 Å². The molecule has 20 heavy (non-hydrogen) atoms. The number of aromatic carboxylic acids is 1. The van der Waals surface area contributed by atoms with Gasteiger partial charge in [-0.25, -0.2) is 9.78 Å². The Hall–Kier alpha value is -3.23. The van der Waals surface area contributed by atoms with Crippen LogP contribution in [0.4, 0.5) is 11.5 Å². The molecule has 0 atom stereocenters. The molecule has 0 aliphatic heterocycles. The molecule has 0 unspecified atom stereocenters. The number of nitrogens with one attached hydrogen (secondary N) is 2. The predicted molar refractivity (Wildman–Crippen MR) is 66.6 cm³/mol. The van der Waals surface area contributed by atoms with Crippen LogP contribution in [0.1, 0.15) is 20.8 Å². The number of aromatic nitrogens is 2. The van der Waals surface area contributed by atoms with Crippen molar-refractivity contribution in [2.75, 3.05) is 5.32 Å². The van der Waals surface area contributed by atoms with Crippen molar-refractivity contribution in [3.05, 3.63) is 52.0 Å². The molecular weight excluding hydrogens is 268 g/mol. The highest BCUT2D eigenvalue weighted by Crippen LogP contribution is 2.13. The molecule has 3 N–H and O–H groups in total. The average Bonchev–Trinajstić information content (AvgIpc) is 2.88. The highest BCUT2D eigenvalue weighted by Gasteiger charge is 2.16. The fourth-order valence-electron chi connectivity index (χ4n) is 1.45. The molecule has 0 spiro atoms. The Labute approximate surface area is 111 Å². The van der Waals surface area contributed by atoms with E-state index in [2.05, 4.69) is 15.3 Å². The lowest BCUT2D eigenvalue weighted by molar-refractivity contribution is -0.389. The summed E-state index contributed by atoms with van der Waals surface area (Å²) in [5, 5.41) is 21.7. The average molecular weight is 276 g/mol. The molecule has 0 bridgehead atoms. The van der Waals surface area contributed by atoms with Crippen molar-refractivity contribution in [1.29, 1.82) is 0 Å². The summed E-state index contributed by atoms with van der Waals surface area (Å²) >= 11 is 0. The molecule has 2 aromatic heterocycles. The van der Waals surface area contributed by atoms with E-state index < -0.39 is 16.8 Å². The van der Waals surface area contributed by atoms with Crippen molar-refractivity contribution in [3.63, 3.8) is 0 Å². The normalized spacial score (nSPS) is 10.0. The summed E-state index contributed by atoms with van der Waals surface area (Å²) in [5.41, 5.74) is 0.0739. The number of H-pyrrole nitrogens is 1. The summed E-state index contributed by atoms with van der Waals surface area (Å²) in [6, 6.07) is 3.63. The van der Waals surface area contributed by atoms with Gasteiger partial charge in [-0.1, -0.05) is 0 Å². The van der Waals surface area contributed by atoms with Crippen molar-refractivity contribution in [3.8, 4) is 0 Å². The molecule has 0 radical (unpaired) electrons. The maximum atomic E-state index is 11.8. The van der Waals surface area contributed by atoms with Crippen LogP contribution in [0.2, 0.25) is 0 Å². The van der Waals surface area contributed by atoms with E-state index in [0.717, 1.165) is 12.3 Å². The molecule has 0 aliphatic rings. The monoisotopic (exact) mass is 276 g/mol. The molecule has 2 rings (SSSR count). The summed E-state index contributed by atoms with van der Waals surface area (Å²) < 4.78 is 0. The second kappa shape index (κ2) is 5.18. The number of aromatic amines is 1. The van der Waals surface area contributed by atoms with Crippen LogP contribution >= 0.6 is 0 Å². The molecule has 2 aromatic rings. The van der Waals surface area contributed by atoms with Gasteiger partial charge in [0, 0.05) is 12.3 Å². The van der Waals surface area contributed by atoms with Crippen LogP contribution in [-0.2, 0) is 0 Å². The summed E-state index contributed by atoms with van der Waals surface area (Å²) in [5.74, 6) is -2.13. The van der Waals surface area contributed by atoms with Gasteiger partial charge >= 0.3 is 11.8 Å². The van der Waals surface area contributed by atoms with E-state index in [4.69, 9.17) is 5.11 Å². The first-order valence-corrected chi connectivity index (χ1v) is 5.30. The third-order valence-corrected chi connectivity index (χ3v) is 2.35. The first-order chi connectivity index (χ1) is 9.47. The Morgan fingerprint density at radius 2 is 2.10 bits per heavy atom. The number of amides is 1. The van der Waals surface area contributed by atoms with Crippen molar-refractivity contribution >= 4 is 23.4 Å². The fourth-order valence-corrected chi connectivity index (χ4v) is 1.45. The van der Waals surface area contributed by atoms with E-state index in [1.807, 2.05) is 0 Å². The summed E-state index contributed by atoms with van der Waals surface area (Å²) in [6.45, 7) is 0. The van der Waals surface area contributed by atoms with Crippen molar-refractivity contribution in [2.45, 2.75) is 0 Å². The number of hydrogen-bond donors (Lipinski definition) is 3. The number of anilines is 1. The minimum Gasteiger partial charge on any atom is -0.478 e. The van der Waals surface area contributed by atoms with Crippen LogP contribution in [0.5, 0.6) is 0 Å². The van der Waals surface area contributed by atoms with Gasteiger partial charge in [0.25, 0.3) is 5.91 Å². The van der Waals surface area contributed by atoms with Gasteiger partial charge in [-0.15, -0.1) is 0 Å². The summed E-state index contributed by atoms with van der Waals surface area (Å²) in [4.78, 5) is 38.4. The van der Waals surface area contributed by atoms with Crippen LogP contribution in [0, 0.1) is 10.1 Å². The lowest BCUT2D eigenvalue weighted by Crippen LogP contribution is -2.13. The summed E-state index contributed by atoms with van der Waals surface area (Å²) in [6.07, 6.45) is 2.40. The van der Waals surface area contributed by atoms with Gasteiger partial charge < -0.3 is 20.5 Å². The highest BCUT2D eigenvalue weighted by atomic mass is 16.6. The molecular formula is C11H8N4O5. The molecule has 9 nitrogen and oxygen atoms in total. The zero-order chi connectivity index (χ0) is 14.7. The first kappa shape index (κ1) is 13.2. The number of nitro groups is 1. The largest absolute Gasteiger partial charge is 0.478 e. The third-order valence-electron chi connectivity index (χ3n) is 2.35. The number of carboxylic acids is 1. The number of hydrogen-bond acceptors (Lipinski definition) is 5. The Morgan fingerprint density at radius 1 is 1.35 bits per heavy atom. The van der Waals surface area contributed by atoms with Gasteiger partial charge in [-0.3, -0.25) is 9.78 Å². The van der Waals surface area contributed by atoms with Gasteiger partial charge in [0.05, 0.1) is 17.4 Å². The van der Waals surface area contributed by atoms with Gasteiger partial charge in [0.15, 0.2) is 5.69 Å². The zero-order valence-electron chi connectivity index (χ0n) is 9.86. The van der Waals surface area contributed by atoms with E-state index >= 15 is 0 Å². The molecule has 0 aliphatic carbocycles. The van der Waals surface area contributed by atoms with E-state index in [1.165, 1.54) is 18.3 Å². The quantitative estimate of drug-likeness (QED) is 0.567. The van der Waals surface area contributed by atoms with Crippen molar-refractivity contribution < 1.29 is 19.6 Å². The van der Waals surface area contributed by atoms with E-state index in [0.29, 0.717) is 0 Å². The molecule has 2 heterocycles. The number of pyridine rings is 1. The highest BCUT2D eigenvalue weighted by molar-refractivity contribution is 6.03. The van der Waals surface area contributed by atoms with Crippen molar-refractivity contribution in [2.24, 2.45) is 0 Å². The van der Waals surface area contributed by atoms with E-state index in [1.54, 1.807) is 0 Å². The maximum Gasteiger partial charge on any atom is 0.337 e. The predicted octanol–water partition coefficient (Wildman–Crippen LogP) is 1.27. The van der Waals surface area contributed by atoms with Crippen LogP contribution in [0.25, 0.3) is 0 Å². The molecule has 0 aromatic carbocycles. The number of nitrogens with zero attached hydrogens (tertiary/aromatic N) is 2. The minimum absolute atomic E-state index is 0.0163. The van der Waals surface area contributed by atoms with Crippen LogP contribution in [0.15, 0.2) is 30.6 Å². The standard InChI is InChI=1S/C11H8N4O5/c16-10(8-1-2-9(14-8)15(19)20)13-7-3-6(11(17)18)4-12-5-7/h1-5,14H,(H,13,16)(H,17,18). The Bertz CT molecular complexity index is 694. The second-order valence-electron chi connectivity index (χ2n) is 3.74. The molecule has 102 valence electrons. The van der Waals surface area contributed by atoms with E-state index in [9.17, 15) is 19.7 Å². The maximum absolute atomic E-state index is 11.8. The number of carbonyl (C=O) groups is 2. The third kappa shape index (κ3) is 2.77. The van der Waals surface area contributed by atoms with Gasteiger partial charge in [0.1, 0.15) is 0 Å². The smallest absolute Gasteiger partial charge is 0.337 e. The lowest BCUT2D eigenvalue weighted by atomic mass is 10.2. The van der Waals surface area contributed by atoms with Gasteiger partial charge in [-0.2, -0.15) is 0 Å². The molecule has 0 saturated carbocycles. The van der Waals surface area contributed by atoms with Crippen LogP contribution in [0.3, 0.4) is 0 Å². The van der Waals surface area contributed by atoms with Gasteiger partial charge in [-0.05, 0) is 17.1 Å². The summed E-state index contributed by atoms with van der Waals surface area (Å²) in [7, 11) is 0. The Kier molecular flexibility index (Phi) is 3.42. The molecule has 0 fully saturated rings. The second-order valence-corrected chi connectivity index (χ2v) is 3.74. The SMILES string of the molecule is O=C(O)c1cncc(NC(=O)c2ccc([N+](=O)[O-])[nH]2)c1. The zero-order valence-corrected chi connectivity index (χ0v) is 9.86.